The summed E-state index contributed by atoms with van der Waals surface area (Å²) in [5.74, 6) is 1.22. The molecular weight excluding hydrogens is 286 g/mol. The number of hydrogen-bond acceptors (Lipinski definition) is 3. The maximum Gasteiger partial charge on any atom is 0.160 e. The smallest absolute Gasteiger partial charge is 0.160 e. The molecule has 21 heavy (non-hydrogen) atoms. The molecule has 110 valence electrons. The van der Waals surface area contributed by atoms with Gasteiger partial charge >= 0.3 is 0 Å². The first-order chi connectivity index (χ1) is 10.1. The van der Waals surface area contributed by atoms with Gasteiger partial charge in [0.2, 0.25) is 0 Å². The molecule has 0 aliphatic carbocycles. The number of alkyl halides is 1. The zero-order valence-electron chi connectivity index (χ0n) is 12.5. The second kappa shape index (κ2) is 5.48. The van der Waals surface area contributed by atoms with Crippen molar-refractivity contribution in [2.45, 2.75) is 32.7 Å². The van der Waals surface area contributed by atoms with Gasteiger partial charge in [-0.25, -0.2) is 9.97 Å². The van der Waals surface area contributed by atoms with Crippen molar-refractivity contribution >= 4 is 22.8 Å². The lowest BCUT2D eigenvalue weighted by Gasteiger charge is -2.07. The molecule has 0 N–H and O–H groups in total. The number of halogens is 1. The van der Waals surface area contributed by atoms with Crippen molar-refractivity contribution in [3.63, 3.8) is 0 Å². The van der Waals surface area contributed by atoms with Crippen LogP contribution in [0.3, 0.4) is 0 Å². The van der Waals surface area contributed by atoms with Crippen LogP contribution in [0.15, 0.2) is 18.3 Å². The van der Waals surface area contributed by atoms with E-state index in [9.17, 15) is 0 Å². The predicted octanol–water partition coefficient (Wildman–Crippen LogP) is 2.82. The number of rotatable bonds is 4. The third-order valence-corrected chi connectivity index (χ3v) is 3.82. The minimum absolute atomic E-state index is 0.372. The first-order valence-electron chi connectivity index (χ1n) is 7.02. The maximum atomic E-state index is 6.06. The molecule has 3 heterocycles. The van der Waals surface area contributed by atoms with Crippen molar-refractivity contribution in [3.05, 3.63) is 41.1 Å². The Balaban J connectivity index is 2.12. The first kappa shape index (κ1) is 14.1. The largest absolute Gasteiger partial charge is 0.307 e. The highest BCUT2D eigenvalue weighted by Gasteiger charge is 2.14. The highest BCUT2D eigenvalue weighted by Crippen LogP contribution is 2.19. The molecule has 0 aromatic carbocycles. The molecule has 6 heteroatoms. The Bertz CT molecular complexity index is 787. The molecule has 0 aliphatic rings. The average molecular weight is 304 g/mol. The van der Waals surface area contributed by atoms with Crippen molar-refractivity contribution in [3.8, 4) is 0 Å². The number of aromatic nitrogens is 5. The van der Waals surface area contributed by atoms with Crippen LogP contribution in [-0.4, -0.2) is 24.3 Å². The van der Waals surface area contributed by atoms with Crippen molar-refractivity contribution in [1.29, 1.82) is 0 Å². The maximum absolute atomic E-state index is 6.06. The van der Waals surface area contributed by atoms with E-state index in [1.165, 1.54) is 5.56 Å². The highest BCUT2D eigenvalue weighted by atomic mass is 35.5. The number of aryl methyl sites for hydroxylation is 3. The molecule has 0 radical (unpaired) electrons. The summed E-state index contributed by atoms with van der Waals surface area (Å²) in [5, 5.41) is 4.49. The summed E-state index contributed by atoms with van der Waals surface area (Å²) < 4.78 is 3.94. The fourth-order valence-electron chi connectivity index (χ4n) is 2.60. The van der Waals surface area contributed by atoms with E-state index in [0.717, 1.165) is 34.8 Å². The fraction of sp³-hybridized carbons (Fsp3) is 0.400. The van der Waals surface area contributed by atoms with Gasteiger partial charge < -0.3 is 4.57 Å². The summed E-state index contributed by atoms with van der Waals surface area (Å²) in [5.41, 5.74) is 5.04. The van der Waals surface area contributed by atoms with E-state index >= 15 is 0 Å². The molecule has 0 unspecified atom stereocenters. The van der Waals surface area contributed by atoms with Crippen LogP contribution in [-0.2, 0) is 25.9 Å². The van der Waals surface area contributed by atoms with Gasteiger partial charge in [0.1, 0.15) is 11.3 Å². The zero-order chi connectivity index (χ0) is 15.0. The molecule has 0 amide bonds. The van der Waals surface area contributed by atoms with Gasteiger partial charge in [0, 0.05) is 24.5 Å². The van der Waals surface area contributed by atoms with Crippen LogP contribution >= 0.6 is 11.6 Å². The van der Waals surface area contributed by atoms with Gasteiger partial charge in [0.15, 0.2) is 5.65 Å². The van der Waals surface area contributed by atoms with E-state index in [0.29, 0.717) is 12.4 Å². The number of fused-ring (bicyclic) bond motifs is 1. The molecule has 0 atom stereocenters. The fourth-order valence-corrected chi connectivity index (χ4v) is 2.80. The summed E-state index contributed by atoms with van der Waals surface area (Å²) in [6.45, 7) is 4.80. The van der Waals surface area contributed by atoms with Crippen molar-refractivity contribution < 1.29 is 0 Å². The van der Waals surface area contributed by atoms with Gasteiger partial charge in [-0.3, -0.25) is 4.68 Å². The Hall–Kier alpha value is -1.88. The van der Waals surface area contributed by atoms with Gasteiger partial charge in [-0.2, -0.15) is 5.10 Å². The Morgan fingerprint density at radius 3 is 2.76 bits per heavy atom. The normalized spacial score (nSPS) is 11.4. The highest BCUT2D eigenvalue weighted by molar-refractivity contribution is 6.16. The van der Waals surface area contributed by atoms with Crippen molar-refractivity contribution in [2.24, 2.45) is 7.05 Å². The van der Waals surface area contributed by atoms with Crippen LogP contribution in [0.5, 0.6) is 0 Å². The Labute approximate surface area is 128 Å². The summed E-state index contributed by atoms with van der Waals surface area (Å²) in [6.07, 6.45) is 2.96. The molecule has 0 aliphatic heterocycles. The summed E-state index contributed by atoms with van der Waals surface area (Å²) in [6, 6.07) is 3.97. The molecule has 0 bridgehead atoms. The Morgan fingerprint density at radius 1 is 1.24 bits per heavy atom. The van der Waals surface area contributed by atoms with Gasteiger partial charge in [0.05, 0.1) is 18.1 Å². The van der Waals surface area contributed by atoms with E-state index < -0.39 is 0 Å². The molecule has 3 aromatic heterocycles. The number of pyridine rings is 1. The minimum Gasteiger partial charge on any atom is -0.307 e. The van der Waals surface area contributed by atoms with E-state index in [-0.39, 0.29) is 0 Å². The number of hydrogen-bond donors (Lipinski definition) is 0. The SMILES string of the molecule is CCc1nn(C)cc1Cn1c(CCl)nc2ccc(C)nc21. The molecule has 0 fully saturated rings. The first-order valence-corrected chi connectivity index (χ1v) is 7.56. The van der Waals surface area contributed by atoms with Gasteiger partial charge in [-0.15, -0.1) is 11.6 Å². The molecule has 3 aromatic rings. The van der Waals surface area contributed by atoms with Crippen LogP contribution in [0.1, 0.15) is 29.7 Å². The second-order valence-electron chi connectivity index (χ2n) is 5.17. The van der Waals surface area contributed by atoms with Crippen LogP contribution in [0.2, 0.25) is 0 Å². The second-order valence-corrected chi connectivity index (χ2v) is 5.44. The molecule has 3 rings (SSSR count). The minimum atomic E-state index is 0.372. The lowest BCUT2D eigenvalue weighted by atomic mass is 10.2. The van der Waals surface area contributed by atoms with Gasteiger partial charge in [-0.1, -0.05) is 6.92 Å². The monoisotopic (exact) mass is 303 g/mol. The molecule has 5 nitrogen and oxygen atoms in total. The molecule has 0 saturated heterocycles. The van der Waals surface area contributed by atoms with Gasteiger partial charge in [0.25, 0.3) is 0 Å². The topological polar surface area (TPSA) is 48.5 Å². The van der Waals surface area contributed by atoms with E-state index in [1.54, 1.807) is 0 Å². The standard InChI is InChI=1S/C15H18ClN5/c1-4-12-11(8-20(3)19-12)9-21-14(7-16)18-13-6-5-10(2)17-15(13)21/h5-6,8H,4,7,9H2,1-3H3. The molecule has 0 saturated carbocycles. The Morgan fingerprint density at radius 2 is 2.05 bits per heavy atom. The van der Waals surface area contributed by atoms with E-state index in [4.69, 9.17) is 11.6 Å². The lowest BCUT2D eigenvalue weighted by molar-refractivity contribution is 0.746. The van der Waals surface area contributed by atoms with Crippen LogP contribution in [0, 0.1) is 6.92 Å². The van der Waals surface area contributed by atoms with Gasteiger partial charge in [-0.05, 0) is 25.5 Å². The number of imidazole rings is 1. The predicted molar refractivity (Wildman–Crippen MR) is 83.5 cm³/mol. The van der Waals surface area contributed by atoms with E-state index in [2.05, 4.69) is 32.8 Å². The van der Waals surface area contributed by atoms with E-state index in [1.807, 2.05) is 30.8 Å². The van der Waals surface area contributed by atoms with Crippen LogP contribution < -0.4 is 0 Å². The van der Waals surface area contributed by atoms with Crippen molar-refractivity contribution in [1.82, 2.24) is 24.3 Å². The number of nitrogens with zero attached hydrogens (tertiary/aromatic N) is 5. The van der Waals surface area contributed by atoms with Crippen LogP contribution in [0.4, 0.5) is 0 Å². The third kappa shape index (κ3) is 2.53. The zero-order valence-corrected chi connectivity index (χ0v) is 13.2. The third-order valence-electron chi connectivity index (χ3n) is 3.59. The molecular formula is C15H18ClN5. The lowest BCUT2D eigenvalue weighted by Crippen LogP contribution is -2.06. The Kier molecular flexibility index (Phi) is 3.68. The summed E-state index contributed by atoms with van der Waals surface area (Å²) >= 11 is 6.06. The molecule has 0 spiro atoms. The van der Waals surface area contributed by atoms with Crippen LogP contribution in [0.25, 0.3) is 11.2 Å². The quantitative estimate of drug-likeness (QED) is 0.696. The average Bonchev–Trinajstić information content (AvgIpc) is 3.00. The summed E-state index contributed by atoms with van der Waals surface area (Å²) in [4.78, 5) is 9.19. The summed E-state index contributed by atoms with van der Waals surface area (Å²) in [7, 11) is 1.94. The van der Waals surface area contributed by atoms with Crippen molar-refractivity contribution in [2.75, 3.05) is 0 Å².